The quantitative estimate of drug-likeness (QED) is 0.0609. The fourth-order valence-corrected chi connectivity index (χ4v) is 8.79. The van der Waals surface area contributed by atoms with Crippen molar-refractivity contribution in [2.24, 2.45) is 5.11 Å². The van der Waals surface area contributed by atoms with Crippen molar-refractivity contribution < 1.29 is 23.5 Å². The predicted molar refractivity (Wildman–Crippen MR) is 179 cm³/mol. The molecule has 1 fully saturated rings. The highest BCUT2D eigenvalue weighted by atomic mass is 35.5. The minimum Gasteiger partial charge on any atom is -0.423 e. The van der Waals surface area contributed by atoms with E-state index in [1.54, 1.807) is 45.9 Å². The number of rotatable bonds is 13. The highest BCUT2D eigenvalue weighted by Gasteiger charge is 2.54. The van der Waals surface area contributed by atoms with E-state index >= 15 is 0 Å². The Bertz CT molecular complexity index is 1650. The van der Waals surface area contributed by atoms with Gasteiger partial charge in [-0.2, -0.15) is 4.98 Å². The van der Waals surface area contributed by atoms with Crippen LogP contribution in [-0.2, 0) is 20.2 Å². The third-order valence-corrected chi connectivity index (χ3v) is 12.5. The molecule has 1 aliphatic rings. The number of aliphatic hydroxyl groups is 1. The van der Waals surface area contributed by atoms with E-state index in [-0.39, 0.29) is 40.5 Å². The van der Waals surface area contributed by atoms with E-state index in [0.29, 0.717) is 6.42 Å². The summed E-state index contributed by atoms with van der Waals surface area (Å²) in [6.45, 7) is 7.98. The molecule has 0 aliphatic carbocycles. The number of benzene rings is 2. The molecule has 1 aromatic heterocycles. The molecule has 45 heavy (non-hydrogen) atoms. The Morgan fingerprint density at radius 1 is 1.24 bits per heavy atom. The number of aromatic nitrogens is 2. The zero-order valence-electron chi connectivity index (χ0n) is 25.3. The highest BCUT2D eigenvalue weighted by molar-refractivity contribution is 8.77. The molecule has 1 saturated heterocycles. The molecule has 3 N–H and O–H groups in total. The summed E-state index contributed by atoms with van der Waals surface area (Å²) in [4.78, 5) is 20.3. The molecule has 2 aromatic carbocycles. The molecule has 0 spiro atoms. The lowest BCUT2D eigenvalue weighted by atomic mass is 9.92. The second-order valence-electron chi connectivity index (χ2n) is 11.5. The normalized spacial score (nSPS) is 22.8. The molecule has 0 bridgehead atoms. The van der Waals surface area contributed by atoms with Crippen LogP contribution in [0.25, 0.3) is 10.4 Å². The Morgan fingerprint density at radius 3 is 2.64 bits per heavy atom. The first kappa shape index (κ1) is 35.2. The maximum absolute atomic E-state index is 14.3. The maximum Gasteiger partial charge on any atom is 0.379 e. The van der Waals surface area contributed by atoms with Gasteiger partial charge in [0.2, 0.25) is 0 Å². The average Bonchev–Trinajstić information content (AvgIpc) is 3.21. The zero-order valence-corrected chi connectivity index (χ0v) is 28.6. The van der Waals surface area contributed by atoms with E-state index in [1.165, 1.54) is 19.2 Å². The smallest absolute Gasteiger partial charge is 0.379 e. The lowest BCUT2D eigenvalue weighted by molar-refractivity contribution is -0.0270. The molecule has 3 aromatic rings. The summed E-state index contributed by atoms with van der Waals surface area (Å²) in [6, 6.07) is 16.0. The van der Waals surface area contributed by atoms with Crippen LogP contribution in [0.15, 0.2) is 75.6 Å². The third-order valence-electron chi connectivity index (χ3n) is 6.89. The summed E-state index contributed by atoms with van der Waals surface area (Å²) >= 11 is 6.32. The largest absolute Gasteiger partial charge is 0.423 e. The van der Waals surface area contributed by atoms with Crippen molar-refractivity contribution in [3.05, 3.63) is 92.3 Å². The molecule has 16 heteroatoms. The molecule has 12 nitrogen and oxygen atoms in total. The summed E-state index contributed by atoms with van der Waals surface area (Å²) in [6.07, 6.45) is -1.98. The number of nitrogens with zero attached hydrogens (tertiary/aromatic N) is 5. The van der Waals surface area contributed by atoms with Crippen molar-refractivity contribution in [3.8, 4) is 5.75 Å². The fourth-order valence-electron chi connectivity index (χ4n) is 4.63. The third kappa shape index (κ3) is 8.99. The standard InChI is InChI=1S/C29H36ClN6O6PS2/c1-28(2,3)45-44-23-12-8-5-9-19(23)14-17-40-43(39,42-21-11-7-6-10-20(21)30)18-15-22-25(37)29(4,34-35-32)26(41-22)36-16-13-24(31)33-27(36)38/h5-13,16,22,25-26,37H,14-15,17-18H2,1-4H3,(H2,31,33,38)/t22-,25-,26-,29-,43?/m1/s1. The zero-order chi connectivity index (χ0) is 32.8. The van der Waals surface area contributed by atoms with Crippen LogP contribution in [0.1, 0.15) is 45.9 Å². The Labute approximate surface area is 274 Å². The van der Waals surface area contributed by atoms with Gasteiger partial charge in [0.1, 0.15) is 17.1 Å². The molecule has 242 valence electrons. The van der Waals surface area contributed by atoms with Crippen LogP contribution in [0.2, 0.25) is 5.02 Å². The number of nitrogens with two attached hydrogens (primary N) is 1. The van der Waals surface area contributed by atoms with Crippen LogP contribution >= 0.6 is 40.8 Å². The summed E-state index contributed by atoms with van der Waals surface area (Å²) in [7, 11) is -0.466. The number of ether oxygens (including phenoxy) is 1. The Morgan fingerprint density at radius 2 is 1.96 bits per heavy atom. The van der Waals surface area contributed by atoms with Gasteiger partial charge in [-0.15, -0.1) is 0 Å². The minimum atomic E-state index is -3.89. The lowest BCUT2D eigenvalue weighted by Gasteiger charge is -2.28. The molecule has 0 radical (unpaired) electrons. The number of para-hydroxylation sites is 1. The first-order chi connectivity index (χ1) is 21.2. The SMILES string of the molecule is CC(C)(C)SSc1ccccc1CCOP(=O)(CC[C@H]1O[C@@H](n2ccc(N)nc2=O)[C@](C)(N=[N+]=[N-])[C@@H]1O)Oc1ccccc1Cl. The van der Waals surface area contributed by atoms with E-state index in [9.17, 15) is 20.0 Å². The number of hydrogen-bond acceptors (Lipinski definition) is 11. The van der Waals surface area contributed by atoms with Gasteiger partial charge in [0.15, 0.2) is 6.23 Å². The van der Waals surface area contributed by atoms with Gasteiger partial charge in [-0.3, -0.25) is 9.09 Å². The van der Waals surface area contributed by atoms with E-state index in [2.05, 4.69) is 35.8 Å². The molecule has 0 saturated carbocycles. The van der Waals surface area contributed by atoms with Gasteiger partial charge in [-0.25, -0.2) is 9.36 Å². The maximum atomic E-state index is 14.3. The van der Waals surface area contributed by atoms with Crippen molar-refractivity contribution in [2.75, 3.05) is 18.5 Å². The summed E-state index contributed by atoms with van der Waals surface area (Å²) < 4.78 is 33.4. The number of aliphatic hydroxyl groups excluding tert-OH is 1. The Hall–Kier alpha value is -2.67. The van der Waals surface area contributed by atoms with Gasteiger partial charge >= 0.3 is 13.3 Å². The van der Waals surface area contributed by atoms with Crippen LogP contribution in [0.5, 0.6) is 5.75 Å². The molecule has 5 atom stereocenters. The average molecular weight is 695 g/mol. The van der Waals surface area contributed by atoms with Crippen molar-refractivity contribution in [2.45, 2.75) is 74.2 Å². The second-order valence-corrected chi connectivity index (χ2v) is 17.1. The van der Waals surface area contributed by atoms with Crippen molar-refractivity contribution >= 4 is 46.6 Å². The first-order valence-electron chi connectivity index (χ1n) is 14.1. The van der Waals surface area contributed by atoms with Gasteiger partial charge in [-0.1, -0.05) is 89.4 Å². The van der Waals surface area contributed by atoms with Gasteiger partial charge in [0.05, 0.1) is 30.0 Å². The van der Waals surface area contributed by atoms with Gasteiger partial charge in [-0.05, 0) is 55.1 Å². The van der Waals surface area contributed by atoms with E-state index in [4.69, 9.17) is 31.1 Å². The first-order valence-corrected chi connectivity index (χ1v) is 18.4. The molecule has 2 heterocycles. The number of halogens is 1. The monoisotopic (exact) mass is 694 g/mol. The molecule has 0 amide bonds. The van der Waals surface area contributed by atoms with Crippen LogP contribution in [-0.4, -0.2) is 49.9 Å². The van der Waals surface area contributed by atoms with Crippen LogP contribution in [0.3, 0.4) is 0 Å². The lowest BCUT2D eigenvalue weighted by Crippen LogP contribution is -2.44. The Balaban J connectivity index is 1.54. The van der Waals surface area contributed by atoms with Crippen LogP contribution in [0.4, 0.5) is 5.82 Å². The summed E-state index contributed by atoms with van der Waals surface area (Å²) in [5, 5.41) is 15.3. The molecular formula is C29H36ClN6O6PS2. The number of azide groups is 1. The molecule has 1 unspecified atom stereocenters. The molecule has 4 rings (SSSR count). The topological polar surface area (TPSA) is 175 Å². The van der Waals surface area contributed by atoms with Crippen LogP contribution < -0.4 is 15.9 Å². The summed E-state index contributed by atoms with van der Waals surface area (Å²) in [5.41, 5.74) is 13.6. The van der Waals surface area contributed by atoms with Crippen LogP contribution in [0, 0.1) is 0 Å². The number of anilines is 1. The molecule has 1 aliphatic heterocycles. The second kappa shape index (κ2) is 14.8. The number of hydrogen-bond donors (Lipinski definition) is 2. The molecular weight excluding hydrogens is 659 g/mol. The van der Waals surface area contributed by atoms with Crippen molar-refractivity contribution in [1.82, 2.24) is 9.55 Å². The predicted octanol–water partition coefficient (Wildman–Crippen LogP) is 7.27. The van der Waals surface area contributed by atoms with Gasteiger partial charge in [0, 0.05) is 20.8 Å². The highest BCUT2D eigenvalue weighted by Crippen LogP contribution is 2.52. The van der Waals surface area contributed by atoms with Gasteiger partial charge in [0.25, 0.3) is 0 Å². The van der Waals surface area contributed by atoms with Gasteiger partial charge < -0.3 is 20.1 Å². The van der Waals surface area contributed by atoms with Crippen molar-refractivity contribution in [1.29, 1.82) is 0 Å². The van der Waals surface area contributed by atoms with E-state index in [1.807, 2.05) is 24.3 Å². The number of nitrogen functional groups attached to an aromatic ring is 1. The van der Waals surface area contributed by atoms with E-state index < -0.39 is 37.3 Å². The minimum absolute atomic E-state index is 0.000755. The van der Waals surface area contributed by atoms with E-state index in [0.717, 1.165) is 15.0 Å². The van der Waals surface area contributed by atoms with Crippen molar-refractivity contribution in [3.63, 3.8) is 0 Å². The Kier molecular flexibility index (Phi) is 11.6. The summed E-state index contributed by atoms with van der Waals surface area (Å²) in [5.74, 6) is 0.185. The fraction of sp³-hybridized carbons (Fsp3) is 0.448.